The van der Waals surface area contributed by atoms with Gasteiger partial charge in [0.1, 0.15) is 30.2 Å². The summed E-state index contributed by atoms with van der Waals surface area (Å²) in [7, 11) is 0. The van der Waals surface area contributed by atoms with E-state index in [9.17, 15) is 39.0 Å². The number of nitrogens with zero attached hydrogens (tertiary/aromatic N) is 1. The molecule has 0 radical (unpaired) electrons. The Morgan fingerprint density at radius 1 is 1.02 bits per heavy atom. The van der Waals surface area contributed by atoms with Crippen molar-refractivity contribution >= 4 is 47.3 Å². The van der Waals surface area contributed by atoms with E-state index in [0.29, 0.717) is 25.0 Å². The molecule has 0 aromatic rings. The highest BCUT2D eigenvalue weighted by Gasteiger charge is 2.37. The number of thioether (sulfide) groups is 1. The summed E-state index contributed by atoms with van der Waals surface area (Å²) >= 11 is 1.45. The van der Waals surface area contributed by atoms with Crippen molar-refractivity contribution in [2.24, 2.45) is 11.7 Å². The number of carboxylic acids is 1. The first kappa shape index (κ1) is 35.1. The second-order valence-electron chi connectivity index (χ2n) is 10.0. The van der Waals surface area contributed by atoms with Gasteiger partial charge in [-0.05, 0) is 51.0 Å². The molecule has 0 aromatic heterocycles. The van der Waals surface area contributed by atoms with E-state index in [1.807, 2.05) is 13.2 Å². The Kier molecular flexibility index (Phi) is 14.9. The fraction of sp³-hybridized carbons (Fsp3) is 0.760. The average molecular weight is 589 g/mol. The first-order chi connectivity index (χ1) is 18.7. The van der Waals surface area contributed by atoms with Crippen LogP contribution in [0.25, 0.3) is 0 Å². The molecule has 1 aliphatic rings. The summed E-state index contributed by atoms with van der Waals surface area (Å²) in [4.78, 5) is 76.2. The molecule has 0 aromatic carbocycles. The van der Waals surface area contributed by atoms with Gasteiger partial charge in [-0.1, -0.05) is 20.3 Å². The monoisotopic (exact) mass is 588 g/mol. The molecule has 1 heterocycles. The summed E-state index contributed by atoms with van der Waals surface area (Å²) in [6.07, 6.45) is 2.38. The molecule has 1 saturated heterocycles. The van der Waals surface area contributed by atoms with Gasteiger partial charge in [0.15, 0.2) is 0 Å². The number of aliphatic hydroxyl groups excluding tert-OH is 1. The maximum Gasteiger partial charge on any atom is 0.326 e. The number of carbonyl (C=O) groups is 6. The standard InChI is InChI=1S/C25H44N6O8S/c1-6-13(2)20(30-22(35)19(26)15(4)32)23(36)27-12-18(33)29-16(9-11-40-5)21(34)28-14(3)24(37)31-10-7-8-17(31)25(38)39/h13-17,19-20,32H,6-12,26H2,1-5H3,(H,27,36)(H,28,34)(H,29,33)(H,30,35)(H,38,39)/t13-,14-,15+,16-,17-,19-,20-/m0/s1. The van der Waals surface area contributed by atoms with Crippen molar-refractivity contribution in [3.8, 4) is 0 Å². The van der Waals surface area contributed by atoms with Gasteiger partial charge < -0.3 is 42.1 Å². The van der Waals surface area contributed by atoms with Gasteiger partial charge in [0, 0.05) is 6.54 Å². The van der Waals surface area contributed by atoms with Gasteiger partial charge in [0.05, 0.1) is 12.6 Å². The summed E-state index contributed by atoms with van der Waals surface area (Å²) < 4.78 is 0. The molecule has 8 N–H and O–H groups in total. The van der Waals surface area contributed by atoms with Crippen molar-refractivity contribution in [3.05, 3.63) is 0 Å². The average Bonchev–Trinajstić information content (AvgIpc) is 3.41. The first-order valence-corrected chi connectivity index (χ1v) is 14.8. The molecule has 1 rings (SSSR count). The number of aliphatic hydroxyl groups is 1. The van der Waals surface area contributed by atoms with Gasteiger partial charge >= 0.3 is 5.97 Å². The molecule has 14 nitrogen and oxygen atoms in total. The van der Waals surface area contributed by atoms with Crippen LogP contribution in [0.3, 0.4) is 0 Å². The van der Waals surface area contributed by atoms with Gasteiger partial charge in [-0.3, -0.25) is 24.0 Å². The second-order valence-corrected chi connectivity index (χ2v) is 11.0. The molecule has 0 saturated carbocycles. The minimum atomic E-state index is -1.23. The molecule has 15 heteroatoms. The van der Waals surface area contributed by atoms with E-state index in [2.05, 4.69) is 21.3 Å². The molecule has 0 bridgehead atoms. The number of rotatable bonds is 16. The Morgan fingerprint density at radius 3 is 2.23 bits per heavy atom. The van der Waals surface area contributed by atoms with Gasteiger partial charge in [0.25, 0.3) is 0 Å². The molecule has 228 valence electrons. The lowest BCUT2D eigenvalue weighted by Gasteiger charge is -2.27. The normalized spacial score (nSPS) is 19.4. The summed E-state index contributed by atoms with van der Waals surface area (Å²) in [6.45, 7) is 6.18. The third-order valence-corrected chi connectivity index (χ3v) is 7.50. The van der Waals surface area contributed by atoms with Crippen LogP contribution in [0.5, 0.6) is 0 Å². The molecular weight excluding hydrogens is 544 g/mol. The van der Waals surface area contributed by atoms with Crippen molar-refractivity contribution in [3.63, 3.8) is 0 Å². The maximum absolute atomic E-state index is 13.0. The van der Waals surface area contributed by atoms with E-state index in [0.717, 1.165) is 0 Å². The lowest BCUT2D eigenvalue weighted by atomic mass is 9.97. The van der Waals surface area contributed by atoms with Crippen molar-refractivity contribution in [1.29, 1.82) is 0 Å². The highest BCUT2D eigenvalue weighted by atomic mass is 32.2. The molecule has 0 spiro atoms. The van der Waals surface area contributed by atoms with Crippen LogP contribution in [0.4, 0.5) is 0 Å². The topological polar surface area (TPSA) is 220 Å². The summed E-state index contributed by atoms with van der Waals surface area (Å²) in [5.74, 6) is -4.01. The minimum absolute atomic E-state index is 0.248. The van der Waals surface area contributed by atoms with E-state index in [4.69, 9.17) is 5.73 Å². The molecule has 7 atom stereocenters. The minimum Gasteiger partial charge on any atom is -0.480 e. The Labute approximate surface area is 238 Å². The number of hydrogen-bond donors (Lipinski definition) is 7. The number of likely N-dealkylation sites (tertiary alicyclic amines) is 1. The van der Waals surface area contributed by atoms with E-state index < -0.39 is 78.4 Å². The van der Waals surface area contributed by atoms with Gasteiger partial charge in [0.2, 0.25) is 29.5 Å². The first-order valence-electron chi connectivity index (χ1n) is 13.4. The zero-order valence-corrected chi connectivity index (χ0v) is 24.6. The molecule has 0 aliphatic carbocycles. The predicted molar refractivity (Wildman–Crippen MR) is 149 cm³/mol. The molecule has 0 unspecified atom stereocenters. The van der Waals surface area contributed by atoms with Gasteiger partial charge in [-0.2, -0.15) is 11.8 Å². The third kappa shape index (κ3) is 10.6. The Morgan fingerprint density at radius 2 is 1.68 bits per heavy atom. The number of hydrogen-bond acceptors (Lipinski definition) is 9. The molecule has 1 aliphatic heterocycles. The number of nitrogens with one attached hydrogen (secondary N) is 4. The van der Waals surface area contributed by atoms with E-state index in [1.54, 1.807) is 6.92 Å². The number of nitrogens with two attached hydrogens (primary N) is 1. The van der Waals surface area contributed by atoms with Crippen LogP contribution in [-0.2, 0) is 28.8 Å². The van der Waals surface area contributed by atoms with Crippen molar-refractivity contribution in [1.82, 2.24) is 26.2 Å². The highest BCUT2D eigenvalue weighted by Crippen LogP contribution is 2.18. The smallest absolute Gasteiger partial charge is 0.326 e. The summed E-state index contributed by atoms with van der Waals surface area (Å²) in [5, 5.41) is 29.0. The van der Waals surface area contributed by atoms with Crippen LogP contribution in [0, 0.1) is 5.92 Å². The Balaban J connectivity index is 2.79. The van der Waals surface area contributed by atoms with Crippen molar-refractivity contribution < 1.29 is 39.0 Å². The Hall–Kier alpha value is -2.91. The largest absolute Gasteiger partial charge is 0.480 e. The zero-order chi connectivity index (χ0) is 30.6. The number of aliphatic carboxylic acids is 1. The second kappa shape index (κ2) is 17.0. The Bertz CT molecular complexity index is 920. The highest BCUT2D eigenvalue weighted by molar-refractivity contribution is 7.98. The summed E-state index contributed by atoms with van der Waals surface area (Å²) in [6, 6.07) is -5.18. The van der Waals surface area contributed by atoms with Crippen LogP contribution >= 0.6 is 11.8 Å². The lowest BCUT2D eigenvalue weighted by molar-refractivity contribution is -0.149. The number of amides is 5. The fourth-order valence-electron chi connectivity index (χ4n) is 4.11. The van der Waals surface area contributed by atoms with E-state index >= 15 is 0 Å². The van der Waals surface area contributed by atoms with E-state index in [1.165, 1.54) is 30.5 Å². The van der Waals surface area contributed by atoms with Crippen LogP contribution < -0.4 is 27.0 Å². The summed E-state index contributed by atoms with van der Waals surface area (Å²) in [5.41, 5.74) is 5.66. The molecule has 5 amide bonds. The maximum atomic E-state index is 13.0. The number of carboxylic acid groups (broad SMARTS) is 1. The zero-order valence-electron chi connectivity index (χ0n) is 23.8. The van der Waals surface area contributed by atoms with Crippen LogP contribution in [0.15, 0.2) is 0 Å². The van der Waals surface area contributed by atoms with Crippen LogP contribution in [-0.4, -0.2) is 112 Å². The predicted octanol–water partition coefficient (Wildman–Crippen LogP) is -1.84. The molecular formula is C25H44N6O8S. The SMILES string of the molecule is CC[C@H](C)[C@H](NC(=O)[C@@H](N)[C@@H](C)O)C(=O)NCC(=O)N[C@@H](CCSC)C(=O)N[C@@H](C)C(=O)N1CCC[C@H]1C(=O)O. The van der Waals surface area contributed by atoms with Crippen molar-refractivity contribution in [2.45, 2.75) is 89.7 Å². The van der Waals surface area contributed by atoms with Gasteiger partial charge in [-0.15, -0.1) is 0 Å². The van der Waals surface area contributed by atoms with E-state index in [-0.39, 0.29) is 18.9 Å². The molecule has 40 heavy (non-hydrogen) atoms. The lowest BCUT2D eigenvalue weighted by Crippen LogP contribution is -2.58. The third-order valence-electron chi connectivity index (χ3n) is 6.85. The number of carbonyl (C=O) groups excluding carboxylic acids is 5. The fourth-order valence-corrected chi connectivity index (χ4v) is 4.58. The quantitative estimate of drug-likeness (QED) is 0.107. The van der Waals surface area contributed by atoms with Crippen LogP contribution in [0.2, 0.25) is 0 Å². The van der Waals surface area contributed by atoms with Crippen LogP contribution in [0.1, 0.15) is 53.4 Å². The molecule has 1 fully saturated rings. The van der Waals surface area contributed by atoms with Gasteiger partial charge in [-0.25, -0.2) is 4.79 Å². The van der Waals surface area contributed by atoms with Crippen molar-refractivity contribution in [2.75, 3.05) is 25.1 Å².